The Morgan fingerprint density at radius 3 is 2.20 bits per heavy atom. The number of rotatable bonds is 6. The van der Waals surface area contributed by atoms with Crippen molar-refractivity contribution in [3.05, 3.63) is 59.2 Å². The SMILES string of the molecule is Cc1c(NS(C)(=O)=O)cccc1C(=O)Nc1ccccc1C(=O)NC1CCCCC1. The summed E-state index contributed by atoms with van der Waals surface area (Å²) in [7, 11) is -3.47. The van der Waals surface area contributed by atoms with Gasteiger partial charge in [-0.3, -0.25) is 14.3 Å². The van der Waals surface area contributed by atoms with Gasteiger partial charge in [-0.25, -0.2) is 8.42 Å². The number of carbonyl (C=O) groups excluding carboxylic acids is 2. The number of anilines is 2. The molecular weight excluding hydrogens is 402 g/mol. The summed E-state index contributed by atoms with van der Waals surface area (Å²) in [4.78, 5) is 25.7. The van der Waals surface area contributed by atoms with E-state index in [1.165, 1.54) is 6.42 Å². The molecule has 3 rings (SSSR count). The van der Waals surface area contributed by atoms with E-state index in [4.69, 9.17) is 0 Å². The molecule has 0 spiro atoms. The summed E-state index contributed by atoms with van der Waals surface area (Å²) in [5, 5.41) is 5.87. The molecule has 7 nitrogen and oxygen atoms in total. The van der Waals surface area contributed by atoms with Crippen molar-refractivity contribution in [1.29, 1.82) is 0 Å². The number of hydrogen-bond donors (Lipinski definition) is 3. The molecule has 2 amide bonds. The summed E-state index contributed by atoms with van der Waals surface area (Å²) in [6.07, 6.45) is 6.42. The van der Waals surface area contributed by atoms with E-state index in [2.05, 4.69) is 15.4 Å². The van der Waals surface area contributed by atoms with Crippen LogP contribution in [0.3, 0.4) is 0 Å². The predicted octanol–water partition coefficient (Wildman–Crippen LogP) is 3.68. The Labute approximate surface area is 177 Å². The highest BCUT2D eigenvalue weighted by molar-refractivity contribution is 7.92. The summed E-state index contributed by atoms with van der Waals surface area (Å²) in [5.74, 6) is -0.621. The minimum Gasteiger partial charge on any atom is -0.349 e. The molecule has 2 aromatic rings. The molecule has 0 unspecified atom stereocenters. The number of benzene rings is 2. The van der Waals surface area contributed by atoms with Crippen LogP contribution in [0, 0.1) is 6.92 Å². The fourth-order valence-corrected chi connectivity index (χ4v) is 4.30. The molecule has 0 aliphatic heterocycles. The summed E-state index contributed by atoms with van der Waals surface area (Å²) >= 11 is 0. The number of carbonyl (C=O) groups is 2. The highest BCUT2D eigenvalue weighted by atomic mass is 32.2. The molecule has 30 heavy (non-hydrogen) atoms. The Morgan fingerprint density at radius 1 is 0.867 bits per heavy atom. The van der Waals surface area contributed by atoms with Crippen molar-refractivity contribution in [1.82, 2.24) is 5.32 Å². The first-order valence-electron chi connectivity index (χ1n) is 10.0. The van der Waals surface area contributed by atoms with Gasteiger partial charge in [0.05, 0.1) is 23.2 Å². The molecule has 0 saturated heterocycles. The molecule has 2 aromatic carbocycles. The lowest BCUT2D eigenvalue weighted by atomic mass is 9.95. The van der Waals surface area contributed by atoms with Gasteiger partial charge < -0.3 is 10.6 Å². The van der Waals surface area contributed by atoms with Gasteiger partial charge >= 0.3 is 0 Å². The zero-order valence-corrected chi connectivity index (χ0v) is 18.0. The number of para-hydroxylation sites is 1. The molecule has 8 heteroatoms. The fraction of sp³-hybridized carbons (Fsp3) is 0.364. The molecule has 0 radical (unpaired) electrons. The van der Waals surface area contributed by atoms with E-state index in [1.807, 2.05) is 0 Å². The van der Waals surface area contributed by atoms with Crippen LogP contribution in [0.4, 0.5) is 11.4 Å². The predicted molar refractivity (Wildman–Crippen MR) is 118 cm³/mol. The number of sulfonamides is 1. The lowest BCUT2D eigenvalue weighted by Gasteiger charge is -2.23. The van der Waals surface area contributed by atoms with Gasteiger partial charge in [0.25, 0.3) is 11.8 Å². The minimum absolute atomic E-state index is 0.163. The summed E-state index contributed by atoms with van der Waals surface area (Å²) in [5.41, 5.74) is 1.99. The van der Waals surface area contributed by atoms with Gasteiger partial charge in [0, 0.05) is 11.6 Å². The van der Waals surface area contributed by atoms with E-state index in [1.54, 1.807) is 49.4 Å². The Hall–Kier alpha value is -2.87. The van der Waals surface area contributed by atoms with Crippen molar-refractivity contribution in [3.63, 3.8) is 0 Å². The topological polar surface area (TPSA) is 104 Å². The van der Waals surface area contributed by atoms with E-state index in [9.17, 15) is 18.0 Å². The van der Waals surface area contributed by atoms with Crippen LogP contribution in [-0.2, 0) is 10.0 Å². The second-order valence-electron chi connectivity index (χ2n) is 7.66. The quantitative estimate of drug-likeness (QED) is 0.651. The standard InChI is InChI=1S/C22H27N3O4S/c1-15-17(12-8-14-19(15)25-30(2,28)29)21(26)24-20-13-7-6-11-18(20)22(27)23-16-9-4-3-5-10-16/h6-8,11-14,16,25H,3-5,9-10H2,1-2H3,(H,23,27)(H,24,26). The lowest BCUT2D eigenvalue weighted by Crippen LogP contribution is -2.36. The van der Waals surface area contributed by atoms with E-state index >= 15 is 0 Å². The second kappa shape index (κ2) is 9.30. The molecular formula is C22H27N3O4S. The Morgan fingerprint density at radius 2 is 1.50 bits per heavy atom. The van der Waals surface area contributed by atoms with Gasteiger partial charge in [0.1, 0.15) is 0 Å². The largest absolute Gasteiger partial charge is 0.349 e. The molecule has 160 valence electrons. The monoisotopic (exact) mass is 429 g/mol. The minimum atomic E-state index is -3.47. The maximum Gasteiger partial charge on any atom is 0.256 e. The van der Waals surface area contributed by atoms with Gasteiger partial charge in [0.15, 0.2) is 0 Å². The van der Waals surface area contributed by atoms with E-state index in [0.717, 1.165) is 31.9 Å². The van der Waals surface area contributed by atoms with Crippen molar-refractivity contribution >= 4 is 33.2 Å². The van der Waals surface area contributed by atoms with E-state index < -0.39 is 15.9 Å². The molecule has 0 atom stereocenters. The van der Waals surface area contributed by atoms with Crippen LogP contribution in [-0.4, -0.2) is 32.5 Å². The van der Waals surface area contributed by atoms with Crippen LogP contribution in [0.5, 0.6) is 0 Å². The van der Waals surface area contributed by atoms with Crippen LogP contribution < -0.4 is 15.4 Å². The average molecular weight is 430 g/mol. The Kier molecular flexibility index (Phi) is 6.77. The summed E-state index contributed by atoms with van der Waals surface area (Å²) in [6.45, 7) is 1.67. The first kappa shape index (κ1) is 21.8. The molecule has 0 bridgehead atoms. The first-order chi connectivity index (χ1) is 14.2. The van der Waals surface area contributed by atoms with Gasteiger partial charge in [-0.1, -0.05) is 37.5 Å². The third-order valence-electron chi connectivity index (χ3n) is 5.23. The van der Waals surface area contributed by atoms with Crippen LogP contribution >= 0.6 is 0 Å². The highest BCUT2D eigenvalue weighted by Crippen LogP contribution is 2.23. The van der Waals surface area contributed by atoms with Crippen molar-refractivity contribution in [3.8, 4) is 0 Å². The Balaban J connectivity index is 1.79. The molecule has 0 heterocycles. The van der Waals surface area contributed by atoms with Gasteiger partial charge in [-0.15, -0.1) is 0 Å². The molecule has 1 aliphatic rings. The summed E-state index contributed by atoms with van der Waals surface area (Å²) in [6, 6.07) is 11.9. The van der Waals surface area contributed by atoms with Crippen molar-refractivity contribution in [2.45, 2.75) is 45.1 Å². The normalized spacial score (nSPS) is 14.7. The van der Waals surface area contributed by atoms with Crippen LogP contribution in [0.2, 0.25) is 0 Å². The van der Waals surface area contributed by atoms with Crippen LogP contribution in [0.1, 0.15) is 58.4 Å². The van der Waals surface area contributed by atoms with Gasteiger partial charge in [0.2, 0.25) is 10.0 Å². The number of amides is 2. The maximum atomic E-state index is 12.9. The zero-order chi connectivity index (χ0) is 21.7. The van der Waals surface area contributed by atoms with Crippen LogP contribution in [0.15, 0.2) is 42.5 Å². The van der Waals surface area contributed by atoms with Crippen LogP contribution in [0.25, 0.3) is 0 Å². The first-order valence-corrected chi connectivity index (χ1v) is 11.9. The Bertz CT molecular complexity index is 1040. The van der Waals surface area contributed by atoms with E-state index in [-0.39, 0.29) is 11.9 Å². The second-order valence-corrected chi connectivity index (χ2v) is 9.41. The zero-order valence-electron chi connectivity index (χ0n) is 17.2. The third-order valence-corrected chi connectivity index (χ3v) is 5.82. The highest BCUT2D eigenvalue weighted by Gasteiger charge is 2.20. The lowest BCUT2D eigenvalue weighted by molar-refractivity contribution is 0.0928. The molecule has 1 aliphatic carbocycles. The maximum absolute atomic E-state index is 12.9. The van der Waals surface area contributed by atoms with Crippen molar-refractivity contribution < 1.29 is 18.0 Å². The number of nitrogens with one attached hydrogen (secondary N) is 3. The van der Waals surface area contributed by atoms with Crippen molar-refractivity contribution in [2.24, 2.45) is 0 Å². The molecule has 1 saturated carbocycles. The van der Waals surface area contributed by atoms with E-state index in [0.29, 0.717) is 28.1 Å². The average Bonchev–Trinajstić information content (AvgIpc) is 2.69. The van der Waals surface area contributed by atoms with Gasteiger partial charge in [-0.05, 0) is 49.6 Å². The third kappa shape index (κ3) is 5.60. The summed E-state index contributed by atoms with van der Waals surface area (Å²) < 4.78 is 25.5. The van der Waals surface area contributed by atoms with Crippen molar-refractivity contribution in [2.75, 3.05) is 16.3 Å². The number of hydrogen-bond acceptors (Lipinski definition) is 4. The molecule has 0 aromatic heterocycles. The molecule has 3 N–H and O–H groups in total. The van der Waals surface area contributed by atoms with Gasteiger partial charge in [-0.2, -0.15) is 0 Å². The molecule has 1 fully saturated rings. The smallest absolute Gasteiger partial charge is 0.256 e. The fourth-order valence-electron chi connectivity index (χ4n) is 3.68.